The average Bonchev–Trinajstić information content (AvgIpc) is 3.59. The Labute approximate surface area is 211 Å². The number of aryl methyl sites for hydroxylation is 1. The van der Waals surface area contributed by atoms with Crippen LogP contribution in [0.3, 0.4) is 0 Å². The van der Waals surface area contributed by atoms with Crippen molar-refractivity contribution < 1.29 is 0 Å². The molecule has 5 aromatic rings. The number of fused-ring (bicyclic) bond motifs is 2. The van der Waals surface area contributed by atoms with Crippen molar-refractivity contribution in [2.24, 2.45) is 0 Å². The summed E-state index contributed by atoms with van der Waals surface area (Å²) in [5.74, 6) is 0.938. The van der Waals surface area contributed by atoms with Crippen LogP contribution in [0.5, 0.6) is 0 Å². The molecule has 182 valence electrons. The Morgan fingerprint density at radius 2 is 1.75 bits per heavy atom. The molecule has 0 radical (unpaired) electrons. The normalized spacial score (nSPS) is 14.1. The molecule has 0 unspecified atom stereocenters. The Balaban J connectivity index is 1.40. The summed E-state index contributed by atoms with van der Waals surface area (Å²) in [5, 5.41) is 4.32. The van der Waals surface area contributed by atoms with Crippen molar-refractivity contribution in [3.63, 3.8) is 0 Å². The van der Waals surface area contributed by atoms with Crippen molar-refractivity contribution in [1.82, 2.24) is 34.4 Å². The van der Waals surface area contributed by atoms with E-state index in [2.05, 4.69) is 71.1 Å². The SMILES string of the molecule is Cc1cccc(-c2[nH]c(CN(C3Cc4ccccc4C3)C(C)(C)C)nc2-c2ccc3ncnn3c2)n1. The minimum Gasteiger partial charge on any atom is -0.339 e. The summed E-state index contributed by atoms with van der Waals surface area (Å²) in [7, 11) is 0. The van der Waals surface area contributed by atoms with Gasteiger partial charge in [-0.15, -0.1) is 0 Å². The molecule has 0 aliphatic heterocycles. The number of nitrogens with one attached hydrogen (secondary N) is 1. The molecule has 0 saturated carbocycles. The topological polar surface area (TPSA) is 75.0 Å². The molecule has 0 amide bonds. The van der Waals surface area contributed by atoms with Gasteiger partial charge in [0.25, 0.3) is 0 Å². The van der Waals surface area contributed by atoms with Gasteiger partial charge in [0.05, 0.1) is 23.6 Å². The lowest BCUT2D eigenvalue weighted by Gasteiger charge is -2.39. The zero-order chi connectivity index (χ0) is 24.9. The van der Waals surface area contributed by atoms with Gasteiger partial charge in [-0.05, 0) is 75.9 Å². The number of hydrogen-bond donors (Lipinski definition) is 1. The van der Waals surface area contributed by atoms with Crippen molar-refractivity contribution in [1.29, 1.82) is 0 Å². The molecule has 0 saturated heterocycles. The highest BCUT2D eigenvalue weighted by molar-refractivity contribution is 5.77. The molecule has 1 aromatic carbocycles. The summed E-state index contributed by atoms with van der Waals surface area (Å²) >= 11 is 0. The Morgan fingerprint density at radius 1 is 0.972 bits per heavy atom. The van der Waals surface area contributed by atoms with E-state index in [4.69, 9.17) is 9.97 Å². The monoisotopic (exact) mass is 477 g/mol. The molecular weight excluding hydrogens is 446 g/mol. The van der Waals surface area contributed by atoms with Gasteiger partial charge in [0.1, 0.15) is 12.2 Å². The Hall–Kier alpha value is -3.84. The molecule has 0 bridgehead atoms. The smallest absolute Gasteiger partial charge is 0.155 e. The van der Waals surface area contributed by atoms with Crippen molar-refractivity contribution in [2.75, 3.05) is 0 Å². The van der Waals surface area contributed by atoms with Crippen molar-refractivity contribution in [2.45, 2.75) is 58.7 Å². The van der Waals surface area contributed by atoms with Gasteiger partial charge in [-0.3, -0.25) is 9.88 Å². The predicted octanol–water partition coefficient (Wildman–Crippen LogP) is 5.26. The van der Waals surface area contributed by atoms with Gasteiger partial charge in [0.15, 0.2) is 5.65 Å². The fourth-order valence-electron chi connectivity index (χ4n) is 5.36. The van der Waals surface area contributed by atoms with Gasteiger partial charge in [0, 0.05) is 29.0 Å². The molecule has 1 aliphatic carbocycles. The van der Waals surface area contributed by atoms with Crippen LogP contribution >= 0.6 is 0 Å². The number of H-pyrrole nitrogens is 1. The number of benzene rings is 1. The summed E-state index contributed by atoms with van der Waals surface area (Å²) in [5.41, 5.74) is 8.36. The van der Waals surface area contributed by atoms with Gasteiger partial charge < -0.3 is 4.98 Å². The zero-order valence-electron chi connectivity index (χ0n) is 21.2. The van der Waals surface area contributed by atoms with E-state index >= 15 is 0 Å². The number of nitrogens with zero attached hydrogens (tertiary/aromatic N) is 6. The average molecular weight is 478 g/mol. The molecule has 1 N–H and O–H groups in total. The van der Waals surface area contributed by atoms with Crippen LogP contribution in [0.25, 0.3) is 28.3 Å². The second-order valence-corrected chi connectivity index (χ2v) is 10.7. The first kappa shape index (κ1) is 22.6. The molecule has 0 spiro atoms. The zero-order valence-corrected chi connectivity index (χ0v) is 21.2. The summed E-state index contributed by atoms with van der Waals surface area (Å²) in [6.07, 6.45) is 5.68. The van der Waals surface area contributed by atoms with E-state index in [0.717, 1.165) is 59.2 Å². The maximum atomic E-state index is 5.15. The summed E-state index contributed by atoms with van der Waals surface area (Å²) < 4.78 is 1.79. The number of aromatic nitrogens is 6. The lowest BCUT2D eigenvalue weighted by Crippen LogP contribution is -2.48. The first-order chi connectivity index (χ1) is 17.3. The maximum absolute atomic E-state index is 5.15. The minimum absolute atomic E-state index is 0.0128. The Morgan fingerprint density at radius 3 is 2.47 bits per heavy atom. The number of aromatic amines is 1. The predicted molar refractivity (Wildman–Crippen MR) is 141 cm³/mol. The van der Waals surface area contributed by atoms with Crippen molar-refractivity contribution in [3.8, 4) is 22.6 Å². The fourth-order valence-corrected chi connectivity index (χ4v) is 5.36. The van der Waals surface area contributed by atoms with E-state index in [0.29, 0.717) is 6.04 Å². The first-order valence-corrected chi connectivity index (χ1v) is 12.5. The molecule has 0 atom stereocenters. The van der Waals surface area contributed by atoms with Crippen molar-refractivity contribution in [3.05, 3.63) is 89.8 Å². The summed E-state index contributed by atoms with van der Waals surface area (Å²) in [6, 6.07) is 19.4. The van der Waals surface area contributed by atoms with Gasteiger partial charge >= 0.3 is 0 Å². The number of rotatable bonds is 5. The number of hydrogen-bond acceptors (Lipinski definition) is 5. The lowest BCUT2D eigenvalue weighted by atomic mass is 10.0. The lowest BCUT2D eigenvalue weighted by molar-refractivity contribution is 0.0744. The minimum atomic E-state index is -0.0128. The first-order valence-electron chi connectivity index (χ1n) is 12.5. The van der Waals surface area contributed by atoms with E-state index in [-0.39, 0.29) is 5.54 Å². The number of imidazole rings is 1. The molecule has 36 heavy (non-hydrogen) atoms. The third kappa shape index (κ3) is 4.20. The molecule has 7 heteroatoms. The molecule has 6 rings (SSSR count). The standard InChI is InChI=1S/C29H31N7/c1-19-8-7-11-24(32-19)28-27(22-12-13-26-30-18-31-36(26)16-22)33-25(34-28)17-35(29(2,3)4)23-14-20-9-5-6-10-21(20)15-23/h5-13,16,18,23H,14-15,17H2,1-4H3,(H,33,34). The molecule has 1 aliphatic rings. The molecule has 0 fully saturated rings. The fraction of sp³-hybridized carbons (Fsp3) is 0.310. The quantitative estimate of drug-likeness (QED) is 0.374. The second kappa shape index (κ2) is 8.68. The maximum Gasteiger partial charge on any atom is 0.155 e. The van der Waals surface area contributed by atoms with Crippen LogP contribution in [-0.2, 0) is 19.4 Å². The van der Waals surface area contributed by atoms with Gasteiger partial charge in [0.2, 0.25) is 0 Å². The highest BCUT2D eigenvalue weighted by Crippen LogP contribution is 2.33. The third-order valence-electron chi connectivity index (χ3n) is 7.10. The van der Waals surface area contributed by atoms with E-state index in [1.807, 2.05) is 37.4 Å². The van der Waals surface area contributed by atoms with Crippen LogP contribution in [0.1, 0.15) is 43.4 Å². The molecule has 4 aromatic heterocycles. The van der Waals surface area contributed by atoms with Crippen LogP contribution in [-0.4, -0.2) is 46.0 Å². The third-order valence-corrected chi connectivity index (χ3v) is 7.10. The van der Waals surface area contributed by atoms with Crippen LogP contribution in [0.2, 0.25) is 0 Å². The molecular formula is C29H31N7. The van der Waals surface area contributed by atoms with Crippen LogP contribution in [0.4, 0.5) is 0 Å². The van der Waals surface area contributed by atoms with Crippen LogP contribution < -0.4 is 0 Å². The van der Waals surface area contributed by atoms with Crippen LogP contribution in [0.15, 0.2) is 67.1 Å². The van der Waals surface area contributed by atoms with E-state index in [1.54, 1.807) is 10.8 Å². The highest BCUT2D eigenvalue weighted by atomic mass is 15.3. The van der Waals surface area contributed by atoms with E-state index < -0.39 is 0 Å². The van der Waals surface area contributed by atoms with Gasteiger partial charge in [-0.2, -0.15) is 5.10 Å². The van der Waals surface area contributed by atoms with E-state index in [9.17, 15) is 0 Å². The second-order valence-electron chi connectivity index (χ2n) is 10.7. The summed E-state index contributed by atoms with van der Waals surface area (Å²) in [4.78, 5) is 20.5. The molecule has 7 nitrogen and oxygen atoms in total. The Kier molecular flexibility index (Phi) is 5.45. The summed E-state index contributed by atoms with van der Waals surface area (Å²) in [6.45, 7) is 9.62. The Bertz CT molecular complexity index is 1510. The van der Waals surface area contributed by atoms with Crippen LogP contribution in [0, 0.1) is 6.92 Å². The van der Waals surface area contributed by atoms with Gasteiger partial charge in [-0.25, -0.2) is 14.5 Å². The number of pyridine rings is 2. The van der Waals surface area contributed by atoms with E-state index in [1.165, 1.54) is 11.1 Å². The molecule has 4 heterocycles. The van der Waals surface area contributed by atoms with Crippen molar-refractivity contribution >= 4 is 5.65 Å². The largest absolute Gasteiger partial charge is 0.339 e. The highest BCUT2D eigenvalue weighted by Gasteiger charge is 2.34. The van der Waals surface area contributed by atoms with Gasteiger partial charge in [-0.1, -0.05) is 30.3 Å².